The maximum absolute atomic E-state index is 13.6. The summed E-state index contributed by atoms with van der Waals surface area (Å²) >= 11 is 0. The number of nitrogens with zero attached hydrogens (tertiary/aromatic N) is 3. The Morgan fingerprint density at radius 3 is 2.56 bits per heavy atom. The Kier molecular flexibility index (Phi) is 6.73. The fourth-order valence-corrected chi connectivity index (χ4v) is 4.93. The number of fused-ring (bicyclic) bond motifs is 1. The number of methoxy groups -OCH3 is 1. The van der Waals surface area contributed by atoms with Gasteiger partial charge in [0.2, 0.25) is 5.95 Å². The van der Waals surface area contributed by atoms with Gasteiger partial charge in [-0.3, -0.25) is 14.7 Å². The van der Waals surface area contributed by atoms with Crippen LogP contribution in [0.4, 0.5) is 4.39 Å². The van der Waals surface area contributed by atoms with Crippen LogP contribution >= 0.6 is 0 Å². The minimum atomic E-state index is -0.471. The predicted octanol–water partition coefficient (Wildman–Crippen LogP) is 3.71. The van der Waals surface area contributed by atoms with E-state index in [1.165, 1.54) is 23.9 Å². The molecule has 0 bridgehead atoms. The molecule has 1 fully saturated rings. The van der Waals surface area contributed by atoms with Crippen LogP contribution in [0.5, 0.6) is 0 Å². The van der Waals surface area contributed by atoms with Gasteiger partial charge in [-0.15, -0.1) is 0 Å². The Bertz CT molecular complexity index is 1380. The third kappa shape index (κ3) is 4.70. The number of hydrogen-bond acceptors (Lipinski definition) is 4. The van der Waals surface area contributed by atoms with Crippen LogP contribution in [0.25, 0.3) is 17.0 Å². The number of aromatic amines is 2. The monoisotopic (exact) mass is 491 g/mol. The van der Waals surface area contributed by atoms with Crippen molar-refractivity contribution in [1.29, 1.82) is 0 Å². The lowest BCUT2D eigenvalue weighted by Gasteiger charge is -2.33. The number of piperidine rings is 1. The molecule has 5 rings (SSSR count). The molecule has 9 heteroatoms. The number of aromatic nitrogens is 4. The number of para-hydroxylation sites is 2. The normalized spacial score (nSPS) is 15.5. The van der Waals surface area contributed by atoms with E-state index in [1.807, 2.05) is 29.2 Å². The Hall–Kier alpha value is -3.72. The second-order valence-electron chi connectivity index (χ2n) is 9.33. The number of imidazole rings is 1. The molecule has 2 aromatic carbocycles. The number of H-pyrrole nitrogens is 2. The molecule has 0 aliphatic carbocycles. The van der Waals surface area contributed by atoms with Gasteiger partial charge in [-0.2, -0.15) is 4.68 Å². The number of aryl methyl sites for hydroxylation is 1. The summed E-state index contributed by atoms with van der Waals surface area (Å²) in [7, 11) is 1.54. The maximum Gasteiger partial charge on any atom is 0.277 e. The summed E-state index contributed by atoms with van der Waals surface area (Å²) in [5.74, 6) is 0.253. The molecule has 2 N–H and O–H groups in total. The van der Waals surface area contributed by atoms with E-state index in [-0.39, 0.29) is 23.2 Å². The molecule has 3 heterocycles. The molecular weight excluding hydrogens is 461 g/mol. The molecule has 1 aliphatic heterocycles. The summed E-state index contributed by atoms with van der Waals surface area (Å²) in [6, 6.07) is 14.0. The summed E-state index contributed by atoms with van der Waals surface area (Å²) in [6.07, 6.45) is 2.14. The lowest BCUT2D eigenvalue weighted by atomic mass is 9.89. The molecule has 4 aromatic rings. The molecule has 1 amide bonds. The number of carbonyl (C=O) groups excluding carboxylic acids is 1. The van der Waals surface area contributed by atoms with Crippen molar-refractivity contribution >= 4 is 16.9 Å². The lowest BCUT2D eigenvalue weighted by molar-refractivity contribution is -0.142. The molecule has 0 spiro atoms. The average molecular weight is 492 g/mol. The number of halogens is 1. The summed E-state index contributed by atoms with van der Waals surface area (Å²) in [5.41, 5.74) is 4.04. The molecule has 1 saturated heterocycles. The van der Waals surface area contributed by atoms with E-state index in [1.54, 1.807) is 19.1 Å². The summed E-state index contributed by atoms with van der Waals surface area (Å²) in [6.45, 7) is 2.96. The quantitative estimate of drug-likeness (QED) is 0.412. The molecule has 8 nitrogen and oxygen atoms in total. The SMILES string of the molecule is CO[C@H](C)C(=O)N1CCC(c2[nH]n(-c3nc4ccccc4[nH]3)c(=O)c2CCc2ccc(F)cc2)CC1. The third-order valence-corrected chi connectivity index (χ3v) is 7.10. The van der Waals surface area contributed by atoms with Crippen LogP contribution in [0.2, 0.25) is 0 Å². The number of hydrogen-bond donors (Lipinski definition) is 2. The molecule has 0 unspecified atom stereocenters. The van der Waals surface area contributed by atoms with Crippen LogP contribution in [-0.4, -0.2) is 56.9 Å². The van der Waals surface area contributed by atoms with Crippen molar-refractivity contribution in [3.63, 3.8) is 0 Å². The highest BCUT2D eigenvalue weighted by Gasteiger charge is 2.30. The smallest absolute Gasteiger partial charge is 0.277 e. The summed E-state index contributed by atoms with van der Waals surface area (Å²) in [5, 5.41) is 3.34. The van der Waals surface area contributed by atoms with Crippen molar-refractivity contribution in [1.82, 2.24) is 24.6 Å². The third-order valence-electron chi connectivity index (χ3n) is 7.10. The molecular formula is C27H30FN5O3. The van der Waals surface area contributed by atoms with E-state index in [0.29, 0.717) is 37.4 Å². The Morgan fingerprint density at radius 2 is 1.86 bits per heavy atom. The first-order valence-electron chi connectivity index (χ1n) is 12.3. The number of benzene rings is 2. The van der Waals surface area contributed by atoms with E-state index < -0.39 is 6.10 Å². The van der Waals surface area contributed by atoms with Gasteiger partial charge < -0.3 is 14.6 Å². The second-order valence-corrected chi connectivity index (χ2v) is 9.33. The molecule has 2 aromatic heterocycles. The first kappa shape index (κ1) is 24.0. The minimum absolute atomic E-state index is 0.0131. The number of likely N-dealkylation sites (tertiary alicyclic amines) is 1. The lowest BCUT2D eigenvalue weighted by Crippen LogP contribution is -2.43. The summed E-state index contributed by atoms with van der Waals surface area (Å²) in [4.78, 5) is 35.8. The van der Waals surface area contributed by atoms with Gasteiger partial charge in [-0.25, -0.2) is 9.37 Å². The Balaban J connectivity index is 1.45. The van der Waals surface area contributed by atoms with E-state index >= 15 is 0 Å². The number of amides is 1. The van der Waals surface area contributed by atoms with Gasteiger partial charge in [0.25, 0.3) is 11.5 Å². The fraction of sp³-hybridized carbons (Fsp3) is 0.370. The Labute approximate surface area is 208 Å². The predicted molar refractivity (Wildman–Crippen MR) is 135 cm³/mol. The Morgan fingerprint density at radius 1 is 1.14 bits per heavy atom. The van der Waals surface area contributed by atoms with E-state index in [0.717, 1.165) is 35.1 Å². The van der Waals surface area contributed by atoms with E-state index in [2.05, 4.69) is 15.1 Å². The number of ether oxygens (including phenoxy) is 1. The largest absolute Gasteiger partial charge is 0.372 e. The number of rotatable bonds is 7. The molecule has 188 valence electrons. The van der Waals surface area contributed by atoms with Gasteiger partial charge in [-0.1, -0.05) is 24.3 Å². The second kappa shape index (κ2) is 10.1. The topological polar surface area (TPSA) is 96.0 Å². The first-order valence-corrected chi connectivity index (χ1v) is 12.3. The van der Waals surface area contributed by atoms with Crippen molar-refractivity contribution in [3.05, 3.63) is 81.5 Å². The highest BCUT2D eigenvalue weighted by molar-refractivity contribution is 5.80. The fourth-order valence-electron chi connectivity index (χ4n) is 4.93. The zero-order valence-corrected chi connectivity index (χ0v) is 20.5. The van der Waals surface area contributed by atoms with Gasteiger partial charge in [0.1, 0.15) is 11.9 Å². The van der Waals surface area contributed by atoms with Crippen molar-refractivity contribution < 1.29 is 13.9 Å². The minimum Gasteiger partial charge on any atom is -0.372 e. The van der Waals surface area contributed by atoms with Crippen molar-refractivity contribution in [3.8, 4) is 5.95 Å². The van der Waals surface area contributed by atoms with Crippen LogP contribution in [0.3, 0.4) is 0 Å². The van der Waals surface area contributed by atoms with Gasteiger partial charge >= 0.3 is 0 Å². The highest BCUT2D eigenvalue weighted by atomic mass is 19.1. The van der Waals surface area contributed by atoms with Crippen LogP contribution < -0.4 is 5.56 Å². The molecule has 1 atom stereocenters. The maximum atomic E-state index is 13.6. The van der Waals surface area contributed by atoms with Crippen molar-refractivity contribution in [2.75, 3.05) is 20.2 Å². The van der Waals surface area contributed by atoms with Crippen LogP contribution in [0.1, 0.15) is 42.5 Å². The van der Waals surface area contributed by atoms with Crippen molar-refractivity contribution in [2.24, 2.45) is 0 Å². The zero-order chi connectivity index (χ0) is 25.2. The van der Waals surface area contributed by atoms with Gasteiger partial charge in [0.15, 0.2) is 0 Å². The first-order chi connectivity index (χ1) is 17.4. The van der Waals surface area contributed by atoms with Crippen molar-refractivity contribution in [2.45, 2.75) is 44.6 Å². The molecule has 0 radical (unpaired) electrons. The van der Waals surface area contributed by atoms with Gasteiger partial charge in [0.05, 0.1) is 11.0 Å². The van der Waals surface area contributed by atoms with E-state index in [4.69, 9.17) is 4.74 Å². The molecule has 36 heavy (non-hydrogen) atoms. The highest BCUT2D eigenvalue weighted by Crippen LogP contribution is 2.30. The van der Waals surface area contributed by atoms with Gasteiger partial charge in [0, 0.05) is 37.4 Å². The van der Waals surface area contributed by atoms with Crippen LogP contribution in [-0.2, 0) is 22.4 Å². The standard InChI is InChI=1S/C27H30FN5O3/c1-17(36-2)25(34)32-15-13-19(14-16-32)24-21(12-9-18-7-10-20(28)11-8-18)26(35)33(31-24)27-29-22-5-3-4-6-23(22)30-27/h3-8,10-11,17,19,31H,9,12-16H2,1-2H3,(H,29,30)/t17-/m1/s1. The number of carbonyl (C=O) groups is 1. The number of nitrogens with one attached hydrogen (secondary N) is 2. The summed E-state index contributed by atoms with van der Waals surface area (Å²) < 4.78 is 20.0. The van der Waals surface area contributed by atoms with Crippen LogP contribution in [0, 0.1) is 5.82 Å². The molecule has 1 aliphatic rings. The van der Waals surface area contributed by atoms with E-state index in [9.17, 15) is 14.0 Å². The van der Waals surface area contributed by atoms with Crippen LogP contribution in [0.15, 0.2) is 53.3 Å². The van der Waals surface area contributed by atoms with Gasteiger partial charge in [-0.05, 0) is 62.4 Å². The average Bonchev–Trinajstić information content (AvgIpc) is 3.48. The molecule has 0 saturated carbocycles. The zero-order valence-electron chi connectivity index (χ0n) is 20.5.